The van der Waals surface area contributed by atoms with Gasteiger partial charge < -0.3 is 9.32 Å². The van der Waals surface area contributed by atoms with Gasteiger partial charge in [-0.1, -0.05) is 42.5 Å². The Labute approximate surface area is 194 Å². The smallest absolute Gasteiger partial charge is 0.241 e. The fourth-order valence-electron chi connectivity index (χ4n) is 4.52. The van der Waals surface area contributed by atoms with Crippen LogP contribution in [0.3, 0.4) is 0 Å². The predicted octanol–water partition coefficient (Wildman–Crippen LogP) is 4.48. The predicted molar refractivity (Wildman–Crippen MR) is 129 cm³/mol. The molecule has 0 unspecified atom stereocenters. The number of benzene rings is 2. The van der Waals surface area contributed by atoms with E-state index in [1.165, 1.54) is 10.9 Å². The third kappa shape index (κ3) is 4.85. The zero-order valence-corrected chi connectivity index (χ0v) is 19.2. The molecule has 1 fully saturated rings. The second kappa shape index (κ2) is 9.47. The van der Waals surface area contributed by atoms with Crippen LogP contribution in [-0.2, 0) is 16.4 Å². The molecular formula is C26H27N3O3S. The van der Waals surface area contributed by atoms with E-state index in [9.17, 15) is 8.42 Å². The molecule has 4 aromatic rings. The number of likely N-dealkylation sites (tertiary alicyclic amines) is 1. The molecule has 5 rings (SSSR count). The molecule has 170 valence electrons. The van der Waals surface area contributed by atoms with Gasteiger partial charge in [0.15, 0.2) is 0 Å². The van der Waals surface area contributed by atoms with Crippen LogP contribution in [0.1, 0.15) is 18.4 Å². The summed E-state index contributed by atoms with van der Waals surface area (Å²) in [6.45, 7) is 2.67. The number of hydrogen-bond acceptors (Lipinski definition) is 5. The lowest BCUT2D eigenvalue weighted by molar-refractivity contribution is 0.209. The average Bonchev–Trinajstić information content (AvgIpc) is 3.27. The van der Waals surface area contributed by atoms with E-state index >= 15 is 0 Å². The maximum Gasteiger partial charge on any atom is 0.241 e. The van der Waals surface area contributed by atoms with Gasteiger partial charge in [0.2, 0.25) is 10.0 Å². The summed E-state index contributed by atoms with van der Waals surface area (Å²) < 4.78 is 35.0. The van der Waals surface area contributed by atoms with Crippen LogP contribution in [-0.4, -0.2) is 44.0 Å². The molecule has 0 spiro atoms. The van der Waals surface area contributed by atoms with E-state index < -0.39 is 10.0 Å². The number of fused-ring (bicyclic) bond motifs is 1. The molecule has 1 saturated heterocycles. The Morgan fingerprint density at radius 2 is 1.79 bits per heavy atom. The Balaban J connectivity index is 1.20. The normalized spacial score (nSPS) is 15.8. The lowest BCUT2D eigenvalue weighted by Crippen LogP contribution is -2.45. The summed E-state index contributed by atoms with van der Waals surface area (Å²) in [6.07, 6.45) is 7.73. The average molecular weight is 462 g/mol. The van der Waals surface area contributed by atoms with E-state index in [1.54, 1.807) is 24.5 Å². The van der Waals surface area contributed by atoms with Crippen LogP contribution in [0.25, 0.3) is 22.1 Å². The third-order valence-corrected chi connectivity index (χ3v) is 7.90. The molecule has 1 aliphatic heterocycles. The number of piperidine rings is 1. The van der Waals surface area contributed by atoms with Crippen LogP contribution < -0.4 is 4.72 Å². The highest BCUT2D eigenvalue weighted by Crippen LogP contribution is 2.27. The van der Waals surface area contributed by atoms with Crippen molar-refractivity contribution in [2.45, 2.75) is 30.2 Å². The second-order valence-electron chi connectivity index (χ2n) is 8.48. The van der Waals surface area contributed by atoms with E-state index in [-0.39, 0.29) is 6.04 Å². The highest BCUT2D eigenvalue weighted by molar-refractivity contribution is 7.89. The van der Waals surface area contributed by atoms with E-state index in [2.05, 4.69) is 20.7 Å². The summed E-state index contributed by atoms with van der Waals surface area (Å²) in [5, 5.41) is 1.17. The number of sulfonamides is 1. The lowest BCUT2D eigenvalue weighted by atomic mass is 10.0. The number of aromatic nitrogens is 1. The van der Waals surface area contributed by atoms with Crippen LogP contribution in [0.5, 0.6) is 0 Å². The van der Waals surface area contributed by atoms with Crippen LogP contribution in [0.2, 0.25) is 0 Å². The summed E-state index contributed by atoms with van der Waals surface area (Å²) in [5.41, 5.74) is 3.61. The van der Waals surface area contributed by atoms with Crippen molar-refractivity contribution < 1.29 is 12.8 Å². The van der Waals surface area contributed by atoms with Crippen LogP contribution in [0.15, 0.2) is 88.6 Å². The molecule has 3 heterocycles. The first-order valence-electron chi connectivity index (χ1n) is 11.3. The molecule has 0 bridgehead atoms. The van der Waals surface area contributed by atoms with Crippen molar-refractivity contribution >= 4 is 21.0 Å². The topological polar surface area (TPSA) is 75.4 Å². The Hall–Kier alpha value is -3.00. The van der Waals surface area contributed by atoms with Crippen LogP contribution in [0.4, 0.5) is 0 Å². The summed E-state index contributed by atoms with van der Waals surface area (Å²) in [5.74, 6) is 0. The van der Waals surface area contributed by atoms with E-state index in [0.717, 1.165) is 50.0 Å². The van der Waals surface area contributed by atoms with Gasteiger partial charge in [0.1, 0.15) is 5.58 Å². The molecule has 0 amide bonds. The summed E-state index contributed by atoms with van der Waals surface area (Å²) in [7, 11) is -3.64. The summed E-state index contributed by atoms with van der Waals surface area (Å²) >= 11 is 0. The molecule has 1 aliphatic rings. The Bertz CT molecular complexity index is 1330. The van der Waals surface area contributed by atoms with Crippen molar-refractivity contribution in [3.63, 3.8) is 0 Å². The lowest BCUT2D eigenvalue weighted by Gasteiger charge is -2.32. The molecule has 0 radical (unpaired) electrons. The quantitative estimate of drug-likeness (QED) is 0.439. The van der Waals surface area contributed by atoms with E-state index in [1.807, 2.05) is 48.7 Å². The molecule has 7 heteroatoms. The maximum atomic E-state index is 13.2. The van der Waals surface area contributed by atoms with Gasteiger partial charge in [0, 0.05) is 41.5 Å². The van der Waals surface area contributed by atoms with E-state index in [4.69, 9.17) is 4.42 Å². The minimum atomic E-state index is -3.64. The second-order valence-corrected chi connectivity index (χ2v) is 10.2. The van der Waals surface area contributed by atoms with Gasteiger partial charge in [-0.05, 0) is 56.1 Å². The highest BCUT2D eigenvalue weighted by Gasteiger charge is 2.26. The number of hydrogen-bond donors (Lipinski definition) is 1. The standard InChI is InChI=1S/C26H27N3O3S/c30-33(31,26-10-4-2-8-24(26)20-6-5-14-27-18-20)28-22-12-16-29(17-13-22)15-11-21-19-32-25-9-3-1-7-23(21)25/h1-10,14,18-19,22,28H,11-13,15-17H2. The fourth-order valence-corrected chi connectivity index (χ4v) is 6.06. The first kappa shape index (κ1) is 21.8. The number of nitrogens with one attached hydrogen (secondary N) is 1. The molecule has 2 aromatic heterocycles. The highest BCUT2D eigenvalue weighted by atomic mass is 32.2. The van der Waals surface area contributed by atoms with E-state index in [0.29, 0.717) is 10.5 Å². The minimum Gasteiger partial charge on any atom is -0.464 e. The van der Waals surface area contributed by atoms with Crippen molar-refractivity contribution in [1.82, 2.24) is 14.6 Å². The van der Waals surface area contributed by atoms with Gasteiger partial charge in [-0.3, -0.25) is 4.98 Å². The van der Waals surface area contributed by atoms with Gasteiger partial charge in [0.25, 0.3) is 0 Å². The van der Waals surface area contributed by atoms with Gasteiger partial charge in [-0.15, -0.1) is 0 Å². The molecule has 0 saturated carbocycles. The molecule has 2 aromatic carbocycles. The summed E-state index contributed by atoms with van der Waals surface area (Å²) in [6, 6.07) is 18.8. The third-order valence-electron chi connectivity index (χ3n) is 6.32. The Kier molecular flexibility index (Phi) is 6.26. The minimum absolute atomic E-state index is 0.0667. The summed E-state index contributed by atoms with van der Waals surface area (Å²) in [4.78, 5) is 6.83. The number of pyridine rings is 1. The zero-order valence-electron chi connectivity index (χ0n) is 18.4. The molecule has 0 atom stereocenters. The molecule has 0 aliphatic carbocycles. The first-order valence-corrected chi connectivity index (χ1v) is 12.8. The van der Waals surface area contributed by atoms with Crippen molar-refractivity contribution in [3.05, 3.63) is 84.9 Å². The zero-order chi connectivity index (χ0) is 22.7. The fraction of sp³-hybridized carbons (Fsp3) is 0.269. The van der Waals surface area contributed by atoms with Crippen molar-refractivity contribution in [3.8, 4) is 11.1 Å². The Morgan fingerprint density at radius 1 is 1.00 bits per heavy atom. The van der Waals surface area contributed by atoms with Crippen molar-refractivity contribution in [2.75, 3.05) is 19.6 Å². The first-order chi connectivity index (χ1) is 16.1. The monoisotopic (exact) mass is 461 g/mol. The molecular weight excluding hydrogens is 434 g/mol. The van der Waals surface area contributed by atoms with Gasteiger partial charge in [-0.2, -0.15) is 0 Å². The van der Waals surface area contributed by atoms with Crippen LogP contribution in [0, 0.1) is 0 Å². The SMILES string of the molecule is O=S(=O)(NC1CCN(CCc2coc3ccccc23)CC1)c1ccccc1-c1cccnc1. The molecule has 33 heavy (non-hydrogen) atoms. The van der Waals surface area contributed by atoms with Gasteiger partial charge in [0.05, 0.1) is 11.2 Å². The number of rotatable bonds is 7. The number of nitrogens with zero attached hydrogens (tertiary/aromatic N) is 2. The molecule has 1 N–H and O–H groups in total. The molecule has 6 nitrogen and oxygen atoms in total. The van der Waals surface area contributed by atoms with Crippen LogP contribution >= 0.6 is 0 Å². The van der Waals surface area contributed by atoms with Crippen molar-refractivity contribution in [1.29, 1.82) is 0 Å². The number of furan rings is 1. The van der Waals surface area contributed by atoms with Gasteiger partial charge >= 0.3 is 0 Å². The maximum absolute atomic E-state index is 13.2. The largest absolute Gasteiger partial charge is 0.464 e. The van der Waals surface area contributed by atoms with Crippen molar-refractivity contribution in [2.24, 2.45) is 0 Å². The number of para-hydroxylation sites is 1. The van der Waals surface area contributed by atoms with Gasteiger partial charge in [-0.25, -0.2) is 13.1 Å². The Morgan fingerprint density at radius 3 is 2.61 bits per heavy atom.